The average molecular weight is 194 g/mol. The van der Waals surface area contributed by atoms with E-state index in [1.165, 1.54) is 0 Å². The second kappa shape index (κ2) is 3.95. The Balaban J connectivity index is 0.000000845. The van der Waals surface area contributed by atoms with Gasteiger partial charge in [0.2, 0.25) is 0 Å². The molecule has 2 rings (SSSR count). The van der Waals surface area contributed by atoms with Gasteiger partial charge in [-0.05, 0) is 12.2 Å². The highest BCUT2D eigenvalue weighted by Crippen LogP contribution is 1.92. The molecule has 0 aromatic carbocycles. The van der Waals surface area contributed by atoms with Crippen molar-refractivity contribution in [1.82, 2.24) is 19.1 Å². The van der Waals surface area contributed by atoms with Crippen LogP contribution in [0.1, 0.15) is 7.43 Å². The van der Waals surface area contributed by atoms with Crippen LogP contribution in [-0.4, -0.2) is 24.2 Å². The van der Waals surface area contributed by atoms with Gasteiger partial charge in [0.05, 0.1) is 0 Å². The first-order valence-corrected chi connectivity index (χ1v) is 3.79. The number of hydrogen-bond donors (Lipinski definition) is 0. The Morgan fingerprint density at radius 1 is 1.00 bits per heavy atom. The van der Waals surface area contributed by atoms with Gasteiger partial charge in [-0.25, -0.2) is 9.97 Å². The number of thiocarbonyl (C=S) groups is 1. The zero-order chi connectivity index (χ0) is 8.39. The Hall–Kier alpha value is -1.49. The van der Waals surface area contributed by atoms with Crippen molar-refractivity contribution in [2.75, 3.05) is 0 Å². The lowest BCUT2D eigenvalue weighted by Gasteiger charge is -2.02. The van der Waals surface area contributed by atoms with Gasteiger partial charge in [0, 0.05) is 24.8 Å². The van der Waals surface area contributed by atoms with Crippen LogP contribution in [0.25, 0.3) is 0 Å². The van der Waals surface area contributed by atoms with Crippen molar-refractivity contribution in [3.05, 3.63) is 37.4 Å². The van der Waals surface area contributed by atoms with E-state index in [1.54, 1.807) is 46.6 Å². The highest BCUT2D eigenvalue weighted by molar-refractivity contribution is 7.80. The third-order valence-electron chi connectivity index (χ3n) is 1.45. The van der Waals surface area contributed by atoms with Gasteiger partial charge in [-0.3, -0.25) is 9.13 Å². The van der Waals surface area contributed by atoms with Crippen molar-refractivity contribution >= 4 is 17.3 Å². The van der Waals surface area contributed by atoms with Crippen LogP contribution >= 0.6 is 12.2 Å². The zero-order valence-corrected chi connectivity index (χ0v) is 6.98. The molecular weight excluding hydrogens is 184 g/mol. The van der Waals surface area contributed by atoms with Crippen LogP contribution in [-0.2, 0) is 0 Å². The fourth-order valence-electron chi connectivity index (χ4n) is 0.878. The van der Waals surface area contributed by atoms with Gasteiger partial charge in [0.15, 0.2) is 5.11 Å². The van der Waals surface area contributed by atoms with Crippen LogP contribution in [0, 0.1) is 0 Å². The van der Waals surface area contributed by atoms with Crippen molar-refractivity contribution < 1.29 is 0 Å². The monoisotopic (exact) mass is 194 g/mol. The van der Waals surface area contributed by atoms with Crippen LogP contribution in [0.5, 0.6) is 0 Å². The lowest BCUT2D eigenvalue weighted by atomic mass is 10.8. The molecule has 0 fully saturated rings. The first kappa shape index (κ1) is 9.60. The standard InChI is InChI=1S/C7H6N4S.CH4/c12-7(10-3-1-8-5-10)11-4-2-9-6-11;/h1-6H;1H4. The van der Waals surface area contributed by atoms with Gasteiger partial charge in [-0.1, -0.05) is 7.43 Å². The van der Waals surface area contributed by atoms with E-state index in [2.05, 4.69) is 9.97 Å². The molecule has 0 bridgehead atoms. The van der Waals surface area contributed by atoms with Crippen molar-refractivity contribution in [2.45, 2.75) is 7.43 Å². The Bertz CT molecular complexity index is 327. The predicted octanol–water partition coefficient (Wildman–Crippen LogP) is 1.40. The van der Waals surface area contributed by atoms with Crippen molar-refractivity contribution in [3.63, 3.8) is 0 Å². The molecule has 0 unspecified atom stereocenters. The maximum atomic E-state index is 5.14. The minimum Gasteiger partial charge on any atom is -0.282 e. The van der Waals surface area contributed by atoms with Gasteiger partial charge >= 0.3 is 0 Å². The summed E-state index contributed by atoms with van der Waals surface area (Å²) in [6.45, 7) is 0. The summed E-state index contributed by atoms with van der Waals surface area (Å²) in [6, 6.07) is 0. The topological polar surface area (TPSA) is 35.6 Å². The first-order chi connectivity index (χ1) is 5.88. The number of hydrogen-bond acceptors (Lipinski definition) is 3. The van der Waals surface area contributed by atoms with Crippen molar-refractivity contribution in [3.8, 4) is 0 Å². The van der Waals surface area contributed by atoms with E-state index >= 15 is 0 Å². The summed E-state index contributed by atoms with van der Waals surface area (Å²) >= 11 is 5.14. The van der Waals surface area contributed by atoms with Gasteiger partial charge in [-0.2, -0.15) is 0 Å². The van der Waals surface area contributed by atoms with E-state index in [0.717, 1.165) is 0 Å². The largest absolute Gasteiger partial charge is 0.282 e. The van der Waals surface area contributed by atoms with Gasteiger partial charge in [0.1, 0.15) is 12.7 Å². The summed E-state index contributed by atoms with van der Waals surface area (Å²) in [6.07, 6.45) is 10.3. The number of rotatable bonds is 0. The molecule has 4 nitrogen and oxygen atoms in total. The lowest BCUT2D eigenvalue weighted by Crippen LogP contribution is -2.15. The molecule has 2 heterocycles. The summed E-state index contributed by atoms with van der Waals surface area (Å²) in [5, 5.41) is 0.644. The smallest absolute Gasteiger partial charge is 0.190 e. The lowest BCUT2D eigenvalue weighted by molar-refractivity contribution is 1.03. The number of aromatic nitrogens is 4. The molecule has 0 atom stereocenters. The SMILES string of the molecule is C.S=C(n1ccnc1)n1ccnc1. The minimum absolute atomic E-state index is 0. The zero-order valence-electron chi connectivity index (χ0n) is 6.16. The van der Waals surface area contributed by atoms with E-state index in [-0.39, 0.29) is 7.43 Å². The second-order valence-corrected chi connectivity index (χ2v) is 2.59. The van der Waals surface area contributed by atoms with Crippen LogP contribution in [0.4, 0.5) is 0 Å². The third-order valence-corrected chi connectivity index (χ3v) is 1.87. The highest BCUT2D eigenvalue weighted by atomic mass is 32.1. The summed E-state index contributed by atoms with van der Waals surface area (Å²) in [5.74, 6) is 0. The molecule has 5 heteroatoms. The second-order valence-electron chi connectivity index (χ2n) is 2.22. The van der Waals surface area contributed by atoms with Crippen LogP contribution in [0.3, 0.4) is 0 Å². The maximum absolute atomic E-state index is 5.14. The Kier molecular flexibility index (Phi) is 2.92. The number of imidazole rings is 2. The Morgan fingerprint density at radius 2 is 1.46 bits per heavy atom. The van der Waals surface area contributed by atoms with Gasteiger partial charge < -0.3 is 0 Å². The van der Waals surface area contributed by atoms with E-state index in [1.807, 2.05) is 0 Å². The van der Waals surface area contributed by atoms with Crippen LogP contribution in [0.15, 0.2) is 37.4 Å². The molecule has 0 radical (unpaired) electrons. The van der Waals surface area contributed by atoms with Crippen LogP contribution in [0.2, 0.25) is 0 Å². The molecule has 0 aliphatic heterocycles. The highest BCUT2D eigenvalue weighted by Gasteiger charge is 1.99. The summed E-state index contributed by atoms with van der Waals surface area (Å²) < 4.78 is 3.49. The van der Waals surface area contributed by atoms with E-state index in [0.29, 0.717) is 5.11 Å². The predicted molar refractivity (Wildman–Crippen MR) is 54.6 cm³/mol. The Labute approximate surface area is 81.9 Å². The Morgan fingerprint density at radius 3 is 1.77 bits per heavy atom. The van der Waals surface area contributed by atoms with E-state index in [4.69, 9.17) is 12.2 Å². The average Bonchev–Trinajstić information content (AvgIpc) is 2.77. The molecule has 0 N–H and O–H groups in total. The third kappa shape index (κ3) is 1.81. The summed E-state index contributed by atoms with van der Waals surface area (Å²) in [7, 11) is 0. The van der Waals surface area contributed by atoms with Gasteiger partial charge in [-0.15, -0.1) is 0 Å². The molecule has 13 heavy (non-hydrogen) atoms. The summed E-state index contributed by atoms with van der Waals surface area (Å²) in [5.41, 5.74) is 0. The maximum Gasteiger partial charge on any atom is 0.190 e. The van der Waals surface area contributed by atoms with Crippen LogP contribution < -0.4 is 0 Å². The molecule has 0 aliphatic rings. The molecule has 2 aromatic rings. The molecular formula is C8H10N4S. The molecule has 68 valence electrons. The molecule has 0 amide bonds. The normalized spacial score (nSPS) is 9.23. The van der Waals surface area contributed by atoms with Crippen molar-refractivity contribution in [1.29, 1.82) is 0 Å². The number of nitrogens with zero attached hydrogens (tertiary/aromatic N) is 4. The molecule has 0 spiro atoms. The first-order valence-electron chi connectivity index (χ1n) is 3.38. The minimum atomic E-state index is 0. The summed E-state index contributed by atoms with van der Waals surface area (Å²) in [4.78, 5) is 7.79. The molecule has 0 saturated carbocycles. The molecule has 0 aliphatic carbocycles. The fraction of sp³-hybridized carbons (Fsp3) is 0.125. The quantitative estimate of drug-likeness (QED) is 0.595. The van der Waals surface area contributed by atoms with E-state index < -0.39 is 0 Å². The van der Waals surface area contributed by atoms with Crippen molar-refractivity contribution in [2.24, 2.45) is 0 Å². The molecule has 2 aromatic heterocycles. The fourth-order valence-corrected chi connectivity index (χ4v) is 1.09. The van der Waals surface area contributed by atoms with E-state index in [9.17, 15) is 0 Å². The van der Waals surface area contributed by atoms with Gasteiger partial charge in [0.25, 0.3) is 0 Å². The molecule has 0 saturated heterocycles.